The normalized spacial score (nSPS) is 13.4. The van der Waals surface area contributed by atoms with Gasteiger partial charge in [0.05, 0.1) is 0 Å². The molecule has 0 fully saturated rings. The minimum atomic E-state index is -1.00. The first-order chi connectivity index (χ1) is 9.36. The van der Waals surface area contributed by atoms with Crippen LogP contribution in [0.4, 0.5) is 5.69 Å². The summed E-state index contributed by atoms with van der Waals surface area (Å²) in [5, 5.41) is 11.7. The van der Waals surface area contributed by atoms with Crippen molar-refractivity contribution in [3.05, 3.63) is 29.8 Å². The largest absolute Gasteiger partial charge is 0.480 e. The topological polar surface area (TPSA) is 69.6 Å². The van der Waals surface area contributed by atoms with Crippen molar-refractivity contribution in [1.29, 1.82) is 0 Å². The van der Waals surface area contributed by atoms with E-state index in [-0.39, 0.29) is 11.8 Å². The fourth-order valence-electron chi connectivity index (χ4n) is 1.82. The van der Waals surface area contributed by atoms with Gasteiger partial charge in [0.25, 0.3) is 5.91 Å². The lowest BCUT2D eigenvalue weighted by Crippen LogP contribution is -2.45. The van der Waals surface area contributed by atoms with Crippen molar-refractivity contribution < 1.29 is 14.7 Å². The smallest absolute Gasteiger partial charge is 0.326 e. The minimum absolute atomic E-state index is 0.113. The highest BCUT2D eigenvalue weighted by Crippen LogP contribution is 2.13. The zero-order chi connectivity index (χ0) is 15.3. The van der Waals surface area contributed by atoms with Gasteiger partial charge in [-0.05, 0) is 30.2 Å². The molecule has 1 aromatic rings. The maximum Gasteiger partial charge on any atom is 0.326 e. The number of nitrogens with zero attached hydrogens (tertiary/aromatic N) is 1. The summed E-state index contributed by atoms with van der Waals surface area (Å²) in [7, 11) is 3.83. The first-order valence-electron chi connectivity index (χ1n) is 6.67. The number of carbonyl (C=O) groups excluding carboxylic acids is 1. The van der Waals surface area contributed by atoms with Gasteiger partial charge in [-0.25, -0.2) is 4.79 Å². The van der Waals surface area contributed by atoms with Gasteiger partial charge in [0, 0.05) is 25.3 Å². The molecule has 1 amide bonds. The van der Waals surface area contributed by atoms with Gasteiger partial charge in [0.1, 0.15) is 6.04 Å². The Kier molecular flexibility index (Phi) is 5.55. The lowest BCUT2D eigenvalue weighted by molar-refractivity contribution is -0.140. The van der Waals surface area contributed by atoms with Gasteiger partial charge < -0.3 is 15.3 Å². The molecule has 0 aliphatic carbocycles. The average Bonchev–Trinajstić information content (AvgIpc) is 2.43. The maximum atomic E-state index is 12.1. The Hall–Kier alpha value is -2.04. The van der Waals surface area contributed by atoms with E-state index in [0.717, 1.165) is 5.69 Å². The van der Waals surface area contributed by atoms with Crippen LogP contribution >= 0.6 is 0 Å². The molecule has 0 saturated carbocycles. The summed E-state index contributed by atoms with van der Waals surface area (Å²) in [5.41, 5.74) is 1.45. The van der Waals surface area contributed by atoms with E-state index in [0.29, 0.717) is 12.0 Å². The fraction of sp³-hybridized carbons (Fsp3) is 0.467. The predicted octanol–water partition coefficient (Wildman–Crippen LogP) is 1.98. The predicted molar refractivity (Wildman–Crippen MR) is 79.1 cm³/mol. The van der Waals surface area contributed by atoms with E-state index < -0.39 is 12.0 Å². The second-order valence-electron chi connectivity index (χ2n) is 5.12. The van der Waals surface area contributed by atoms with E-state index >= 15 is 0 Å². The zero-order valence-corrected chi connectivity index (χ0v) is 12.4. The number of aliphatic carboxylic acids is 1. The van der Waals surface area contributed by atoms with E-state index in [1.807, 2.05) is 45.0 Å². The third-order valence-corrected chi connectivity index (χ3v) is 3.41. The molecule has 5 heteroatoms. The first-order valence-corrected chi connectivity index (χ1v) is 6.67. The van der Waals surface area contributed by atoms with Crippen LogP contribution in [0.5, 0.6) is 0 Å². The third kappa shape index (κ3) is 3.98. The molecule has 0 saturated heterocycles. The van der Waals surface area contributed by atoms with Crippen LogP contribution in [0.25, 0.3) is 0 Å². The lowest BCUT2D eigenvalue weighted by atomic mass is 9.99. The molecule has 1 rings (SSSR count). The molecule has 0 spiro atoms. The summed E-state index contributed by atoms with van der Waals surface area (Å²) in [6, 6.07) is 6.18. The van der Waals surface area contributed by atoms with Crippen LogP contribution in [0, 0.1) is 5.92 Å². The zero-order valence-electron chi connectivity index (χ0n) is 12.4. The van der Waals surface area contributed by atoms with Crippen LogP contribution in [0.2, 0.25) is 0 Å². The van der Waals surface area contributed by atoms with Gasteiger partial charge in [-0.1, -0.05) is 20.3 Å². The Bertz CT molecular complexity index is 469. The average molecular weight is 278 g/mol. The number of carboxylic acids is 1. The molecule has 20 heavy (non-hydrogen) atoms. The van der Waals surface area contributed by atoms with Crippen LogP contribution in [0.1, 0.15) is 30.6 Å². The number of hydrogen-bond donors (Lipinski definition) is 2. The summed E-state index contributed by atoms with van der Waals surface area (Å²) in [6.07, 6.45) is 0.691. The van der Waals surface area contributed by atoms with Crippen LogP contribution in [0.3, 0.4) is 0 Å². The Balaban J connectivity index is 2.81. The van der Waals surface area contributed by atoms with Gasteiger partial charge in [-0.3, -0.25) is 4.79 Å². The van der Waals surface area contributed by atoms with Gasteiger partial charge in [0.2, 0.25) is 0 Å². The third-order valence-electron chi connectivity index (χ3n) is 3.41. The molecule has 0 aliphatic heterocycles. The van der Waals surface area contributed by atoms with Crippen molar-refractivity contribution in [2.75, 3.05) is 19.0 Å². The first kappa shape index (κ1) is 16.0. The molecule has 0 aromatic heterocycles. The summed E-state index contributed by atoms with van der Waals surface area (Å²) in [4.78, 5) is 25.2. The van der Waals surface area contributed by atoms with Crippen LogP contribution in [-0.2, 0) is 4.79 Å². The second kappa shape index (κ2) is 6.93. The Morgan fingerprint density at radius 2 is 1.80 bits per heavy atom. The molecule has 0 heterocycles. The summed E-state index contributed by atoms with van der Waals surface area (Å²) in [5.74, 6) is -1.47. The molecule has 5 nitrogen and oxygen atoms in total. The Labute approximate surface area is 119 Å². The lowest BCUT2D eigenvalue weighted by Gasteiger charge is -2.20. The van der Waals surface area contributed by atoms with Gasteiger partial charge >= 0.3 is 5.97 Å². The van der Waals surface area contributed by atoms with Crippen LogP contribution < -0.4 is 10.2 Å². The van der Waals surface area contributed by atoms with Crippen molar-refractivity contribution in [2.24, 2.45) is 5.92 Å². The Morgan fingerprint density at radius 1 is 1.25 bits per heavy atom. The van der Waals surface area contributed by atoms with Crippen molar-refractivity contribution in [3.63, 3.8) is 0 Å². The maximum absolute atomic E-state index is 12.1. The van der Waals surface area contributed by atoms with Gasteiger partial charge in [0.15, 0.2) is 0 Å². The highest BCUT2D eigenvalue weighted by molar-refractivity contribution is 5.96. The quantitative estimate of drug-likeness (QED) is 0.835. The highest BCUT2D eigenvalue weighted by Gasteiger charge is 2.25. The number of carboxylic acid groups (broad SMARTS) is 1. The Morgan fingerprint density at radius 3 is 2.20 bits per heavy atom. The van der Waals surface area contributed by atoms with Crippen molar-refractivity contribution in [1.82, 2.24) is 5.32 Å². The second-order valence-corrected chi connectivity index (χ2v) is 5.12. The van der Waals surface area contributed by atoms with E-state index in [1.165, 1.54) is 0 Å². The van der Waals surface area contributed by atoms with E-state index in [9.17, 15) is 9.59 Å². The standard InChI is InChI=1S/C15H22N2O3/c1-5-10(2)13(15(19)20)16-14(18)11-6-8-12(9-7-11)17(3)4/h6-10,13H,5H2,1-4H3,(H,16,18)(H,19,20). The molecule has 110 valence electrons. The number of rotatable bonds is 6. The summed E-state index contributed by atoms with van der Waals surface area (Å²) >= 11 is 0. The molecular weight excluding hydrogens is 256 g/mol. The minimum Gasteiger partial charge on any atom is -0.480 e. The number of carbonyl (C=O) groups is 2. The van der Waals surface area contributed by atoms with Crippen LogP contribution in [0.15, 0.2) is 24.3 Å². The highest BCUT2D eigenvalue weighted by atomic mass is 16.4. The number of hydrogen-bond acceptors (Lipinski definition) is 3. The van der Waals surface area contributed by atoms with Crippen LogP contribution in [-0.4, -0.2) is 37.1 Å². The molecule has 0 radical (unpaired) electrons. The fourth-order valence-corrected chi connectivity index (χ4v) is 1.82. The van der Waals surface area contributed by atoms with Gasteiger partial charge in [-0.2, -0.15) is 0 Å². The van der Waals surface area contributed by atoms with E-state index in [1.54, 1.807) is 12.1 Å². The molecule has 2 N–H and O–H groups in total. The van der Waals surface area contributed by atoms with E-state index in [2.05, 4.69) is 5.32 Å². The summed E-state index contributed by atoms with van der Waals surface area (Å²) in [6.45, 7) is 3.72. The van der Waals surface area contributed by atoms with Crippen molar-refractivity contribution in [3.8, 4) is 0 Å². The van der Waals surface area contributed by atoms with Crippen molar-refractivity contribution in [2.45, 2.75) is 26.3 Å². The van der Waals surface area contributed by atoms with Gasteiger partial charge in [-0.15, -0.1) is 0 Å². The number of amides is 1. The SMILES string of the molecule is CCC(C)C(NC(=O)c1ccc(N(C)C)cc1)C(=O)O. The molecule has 1 aromatic carbocycles. The molecule has 2 unspecified atom stereocenters. The molecule has 2 atom stereocenters. The monoisotopic (exact) mass is 278 g/mol. The number of nitrogens with one attached hydrogen (secondary N) is 1. The molecule has 0 bridgehead atoms. The number of benzene rings is 1. The van der Waals surface area contributed by atoms with Crippen molar-refractivity contribution >= 4 is 17.6 Å². The number of anilines is 1. The molecular formula is C15H22N2O3. The molecule has 0 aliphatic rings. The summed E-state index contributed by atoms with van der Waals surface area (Å²) < 4.78 is 0. The van der Waals surface area contributed by atoms with E-state index in [4.69, 9.17) is 5.11 Å².